The highest BCUT2D eigenvalue weighted by Crippen LogP contribution is 2.50. The van der Waals surface area contributed by atoms with Crippen molar-refractivity contribution in [3.63, 3.8) is 0 Å². The van der Waals surface area contributed by atoms with Gasteiger partial charge in [0.15, 0.2) is 11.3 Å². The van der Waals surface area contributed by atoms with Crippen LogP contribution in [0.3, 0.4) is 0 Å². The number of nitrogens with zero attached hydrogens (tertiary/aromatic N) is 3. The number of furan rings is 1. The molecule has 7 heteroatoms. The van der Waals surface area contributed by atoms with Crippen molar-refractivity contribution in [2.24, 2.45) is 5.10 Å². The Morgan fingerprint density at radius 2 is 1.76 bits per heavy atom. The largest absolute Gasteiger partial charge is 0.455 e. The van der Waals surface area contributed by atoms with Gasteiger partial charge in [0.1, 0.15) is 11.3 Å². The first kappa shape index (κ1) is 17.4. The average Bonchev–Trinajstić information content (AvgIpc) is 3.36. The Hall–Kier alpha value is -3.74. The Balaban J connectivity index is 1.69. The third-order valence-corrected chi connectivity index (χ3v) is 5.48. The van der Waals surface area contributed by atoms with Crippen LogP contribution in [0.1, 0.15) is 31.6 Å². The van der Waals surface area contributed by atoms with Crippen LogP contribution in [0.25, 0.3) is 11.0 Å². The lowest BCUT2D eigenvalue weighted by Gasteiger charge is -2.30. The van der Waals surface area contributed by atoms with Gasteiger partial charge in [-0.15, -0.1) is 0 Å². The Morgan fingerprint density at radius 3 is 2.48 bits per heavy atom. The number of amides is 3. The van der Waals surface area contributed by atoms with Crippen LogP contribution in [0.15, 0.2) is 64.1 Å². The van der Waals surface area contributed by atoms with E-state index in [1.165, 1.54) is 18.9 Å². The first-order valence-electron chi connectivity index (χ1n) is 9.25. The Labute approximate surface area is 166 Å². The summed E-state index contributed by atoms with van der Waals surface area (Å²) in [6.07, 6.45) is 0.131. The van der Waals surface area contributed by atoms with Gasteiger partial charge < -0.3 is 4.42 Å². The van der Waals surface area contributed by atoms with Crippen molar-refractivity contribution < 1.29 is 18.8 Å². The van der Waals surface area contributed by atoms with Gasteiger partial charge in [0.05, 0.1) is 5.69 Å². The summed E-state index contributed by atoms with van der Waals surface area (Å²) in [5.41, 5.74) is 0.874. The van der Waals surface area contributed by atoms with E-state index in [9.17, 15) is 14.4 Å². The molecule has 0 radical (unpaired) electrons. The van der Waals surface area contributed by atoms with Crippen LogP contribution in [0.5, 0.6) is 0 Å². The van der Waals surface area contributed by atoms with Crippen molar-refractivity contribution >= 4 is 40.1 Å². The van der Waals surface area contributed by atoms with Gasteiger partial charge in [-0.05, 0) is 18.2 Å². The molecule has 3 amide bonds. The fourth-order valence-corrected chi connectivity index (χ4v) is 4.27. The van der Waals surface area contributed by atoms with E-state index < -0.39 is 17.4 Å². The van der Waals surface area contributed by atoms with Gasteiger partial charge >= 0.3 is 0 Å². The summed E-state index contributed by atoms with van der Waals surface area (Å²) in [4.78, 5) is 39.4. The number of hydrogen-bond acceptors (Lipinski definition) is 5. The lowest BCUT2D eigenvalue weighted by atomic mass is 9.86. The van der Waals surface area contributed by atoms with Crippen molar-refractivity contribution in [2.75, 3.05) is 4.90 Å². The Morgan fingerprint density at radius 1 is 1.03 bits per heavy atom. The molecule has 0 fully saturated rings. The zero-order valence-corrected chi connectivity index (χ0v) is 15.9. The number of carbonyl (C=O) groups excluding carboxylic acids is 3. The molecule has 0 aliphatic carbocycles. The average molecular weight is 387 g/mol. The number of hydrazone groups is 1. The number of fused-ring (bicyclic) bond motifs is 3. The molecule has 0 N–H and O–H groups in total. The smallest absolute Gasteiger partial charge is 0.266 e. The number of anilines is 1. The van der Waals surface area contributed by atoms with Gasteiger partial charge in [-0.2, -0.15) is 5.10 Å². The second-order valence-electron chi connectivity index (χ2n) is 7.24. The highest BCUT2D eigenvalue weighted by atomic mass is 16.3. The van der Waals surface area contributed by atoms with Gasteiger partial charge in [-0.3, -0.25) is 14.4 Å². The second-order valence-corrected chi connectivity index (χ2v) is 7.24. The molecule has 0 saturated carbocycles. The number of imide groups is 1. The van der Waals surface area contributed by atoms with Crippen LogP contribution in [-0.4, -0.2) is 28.4 Å². The van der Waals surface area contributed by atoms with E-state index in [-0.39, 0.29) is 12.3 Å². The molecule has 0 bridgehead atoms. The highest BCUT2D eigenvalue weighted by molar-refractivity contribution is 6.25. The summed E-state index contributed by atoms with van der Waals surface area (Å²) >= 11 is 0. The van der Waals surface area contributed by atoms with E-state index in [1.54, 1.807) is 24.3 Å². The standard InChI is InChI=1S/C22H17N3O4/c1-13(26)24-18-9-5-4-8-16(18)22(21(24)28)12-17(23-25(22)14(2)27)20-11-15-7-3-6-10-19(15)29-20/h3-11H,12H2,1-2H3. The van der Waals surface area contributed by atoms with Crippen molar-refractivity contribution in [3.05, 3.63) is 65.9 Å². The summed E-state index contributed by atoms with van der Waals surface area (Å²) < 4.78 is 5.92. The van der Waals surface area contributed by atoms with Gasteiger partial charge in [-0.1, -0.05) is 36.4 Å². The van der Waals surface area contributed by atoms with Crippen LogP contribution in [0, 0.1) is 0 Å². The highest BCUT2D eigenvalue weighted by Gasteiger charge is 2.60. The Bertz CT molecular complexity index is 1210. The first-order chi connectivity index (χ1) is 13.9. The van der Waals surface area contributed by atoms with Crippen LogP contribution in [-0.2, 0) is 19.9 Å². The van der Waals surface area contributed by atoms with Crippen molar-refractivity contribution in [2.45, 2.75) is 25.8 Å². The van der Waals surface area contributed by atoms with Gasteiger partial charge in [0.2, 0.25) is 11.8 Å². The number of carbonyl (C=O) groups is 3. The maximum atomic E-state index is 13.5. The number of rotatable bonds is 1. The minimum absolute atomic E-state index is 0.131. The number of hydrogen-bond donors (Lipinski definition) is 0. The predicted octanol–water partition coefficient (Wildman–Crippen LogP) is 3.18. The Kier molecular flexibility index (Phi) is 3.52. The third-order valence-electron chi connectivity index (χ3n) is 5.48. The van der Waals surface area contributed by atoms with Crippen molar-refractivity contribution in [3.8, 4) is 0 Å². The molecule has 0 saturated heterocycles. The van der Waals surface area contributed by atoms with Crippen LogP contribution >= 0.6 is 0 Å². The SMILES string of the molecule is CC(=O)N1C(=O)C2(CC(c3cc4ccccc4o3)=NN2C(C)=O)c2ccccc21. The predicted molar refractivity (Wildman–Crippen MR) is 106 cm³/mol. The van der Waals surface area contributed by atoms with Gasteiger partial charge in [0, 0.05) is 31.2 Å². The third kappa shape index (κ3) is 2.24. The molecule has 2 aliphatic rings. The van der Waals surface area contributed by atoms with E-state index in [1.807, 2.05) is 30.3 Å². The first-order valence-corrected chi connectivity index (χ1v) is 9.25. The fourth-order valence-electron chi connectivity index (χ4n) is 4.27. The molecule has 1 unspecified atom stereocenters. The van der Waals surface area contributed by atoms with E-state index in [0.29, 0.717) is 28.3 Å². The summed E-state index contributed by atoms with van der Waals surface area (Å²) in [5, 5.41) is 6.58. The molecule has 144 valence electrons. The topological polar surface area (TPSA) is 83.2 Å². The maximum absolute atomic E-state index is 13.5. The maximum Gasteiger partial charge on any atom is 0.266 e. The molecule has 1 aromatic heterocycles. The molecule has 1 atom stereocenters. The minimum Gasteiger partial charge on any atom is -0.455 e. The molecular formula is C22H17N3O4. The van der Waals surface area contributed by atoms with Crippen LogP contribution < -0.4 is 4.90 Å². The second kappa shape index (κ2) is 5.88. The van der Waals surface area contributed by atoms with Gasteiger partial charge in [-0.25, -0.2) is 9.91 Å². The molecule has 1 spiro atoms. The fraction of sp³-hybridized carbons (Fsp3) is 0.182. The van der Waals surface area contributed by atoms with Crippen LogP contribution in [0.2, 0.25) is 0 Å². The molecular weight excluding hydrogens is 370 g/mol. The molecule has 3 aromatic rings. The summed E-state index contributed by atoms with van der Waals surface area (Å²) in [6, 6.07) is 16.4. The van der Waals surface area contributed by atoms with Crippen molar-refractivity contribution in [1.82, 2.24) is 5.01 Å². The lowest BCUT2D eigenvalue weighted by Crippen LogP contribution is -2.51. The zero-order chi connectivity index (χ0) is 20.3. The molecule has 2 aliphatic heterocycles. The normalized spacial score (nSPS) is 20.5. The summed E-state index contributed by atoms with van der Waals surface area (Å²) in [5.74, 6) is -0.762. The van der Waals surface area contributed by atoms with Crippen LogP contribution in [0.4, 0.5) is 5.69 Å². The van der Waals surface area contributed by atoms with Gasteiger partial charge in [0.25, 0.3) is 5.91 Å². The van der Waals surface area contributed by atoms with E-state index in [0.717, 1.165) is 10.3 Å². The summed E-state index contributed by atoms with van der Waals surface area (Å²) in [6.45, 7) is 2.70. The van der Waals surface area contributed by atoms with Crippen molar-refractivity contribution in [1.29, 1.82) is 0 Å². The molecule has 7 nitrogen and oxygen atoms in total. The lowest BCUT2D eigenvalue weighted by molar-refractivity contribution is -0.144. The van der Waals surface area contributed by atoms with E-state index in [4.69, 9.17) is 4.42 Å². The molecule has 5 rings (SSSR count). The van der Waals surface area contributed by atoms with E-state index >= 15 is 0 Å². The van der Waals surface area contributed by atoms with E-state index in [2.05, 4.69) is 5.10 Å². The molecule has 29 heavy (non-hydrogen) atoms. The number of benzene rings is 2. The molecule has 2 aromatic carbocycles. The quantitative estimate of drug-likeness (QED) is 0.642. The molecule has 3 heterocycles. The number of para-hydroxylation sites is 2. The monoisotopic (exact) mass is 387 g/mol. The minimum atomic E-state index is -1.39. The summed E-state index contributed by atoms with van der Waals surface area (Å²) in [7, 11) is 0. The zero-order valence-electron chi connectivity index (χ0n) is 15.9.